The molecule has 1 amide bonds. The van der Waals surface area contributed by atoms with Gasteiger partial charge in [0, 0.05) is 17.6 Å². The van der Waals surface area contributed by atoms with Crippen LogP contribution >= 0.6 is 11.3 Å². The van der Waals surface area contributed by atoms with Crippen LogP contribution in [0.1, 0.15) is 26.5 Å². The number of amides is 1. The lowest BCUT2D eigenvalue weighted by Gasteiger charge is -2.12. The second-order valence-corrected chi connectivity index (χ2v) is 7.78. The standard InChI is InChI=1S/C23H22N2O3S/c1-16-14-25(15-17-7-9-18(27-2)10-8-17)22(21(16)20-6-3-11-28-20)23(26)24-13-19-5-4-12-29-19/h3-12,14H,13,15H2,1-2H3,(H,24,26). The highest BCUT2D eigenvalue weighted by Gasteiger charge is 2.23. The number of hydrogen-bond acceptors (Lipinski definition) is 4. The maximum atomic E-state index is 13.2. The number of hydrogen-bond donors (Lipinski definition) is 1. The lowest BCUT2D eigenvalue weighted by atomic mass is 10.1. The number of ether oxygens (including phenoxy) is 1. The molecule has 3 aromatic heterocycles. The number of methoxy groups -OCH3 is 1. The third-order valence-electron chi connectivity index (χ3n) is 4.77. The normalized spacial score (nSPS) is 10.8. The molecule has 3 heterocycles. The van der Waals surface area contributed by atoms with E-state index in [1.807, 2.05) is 71.6 Å². The van der Waals surface area contributed by atoms with Crippen molar-refractivity contribution in [3.8, 4) is 17.1 Å². The average Bonchev–Trinajstić information content (AvgIpc) is 3.48. The van der Waals surface area contributed by atoms with Crippen LogP contribution in [0.3, 0.4) is 0 Å². The first kappa shape index (κ1) is 19.1. The molecule has 0 unspecified atom stereocenters. The van der Waals surface area contributed by atoms with Crippen LogP contribution in [-0.2, 0) is 13.1 Å². The molecule has 4 rings (SSSR count). The monoisotopic (exact) mass is 406 g/mol. The fraction of sp³-hybridized carbons (Fsp3) is 0.174. The number of aryl methyl sites for hydroxylation is 1. The summed E-state index contributed by atoms with van der Waals surface area (Å²) in [5.74, 6) is 1.38. The Labute approximate surface area is 173 Å². The van der Waals surface area contributed by atoms with E-state index in [2.05, 4.69) is 5.32 Å². The Morgan fingerprint density at radius 1 is 1.17 bits per heavy atom. The Bertz CT molecular complexity index is 1080. The van der Waals surface area contributed by atoms with Gasteiger partial charge in [-0.05, 0) is 53.8 Å². The third-order valence-corrected chi connectivity index (χ3v) is 5.64. The number of thiophene rings is 1. The van der Waals surface area contributed by atoms with E-state index < -0.39 is 0 Å². The quantitative estimate of drug-likeness (QED) is 0.464. The Kier molecular flexibility index (Phi) is 5.53. The number of nitrogens with one attached hydrogen (secondary N) is 1. The highest BCUT2D eigenvalue weighted by Crippen LogP contribution is 2.30. The van der Waals surface area contributed by atoms with Gasteiger partial charge in [0.25, 0.3) is 5.91 Å². The number of aromatic nitrogens is 1. The molecule has 5 nitrogen and oxygen atoms in total. The summed E-state index contributed by atoms with van der Waals surface area (Å²) in [4.78, 5) is 14.3. The second-order valence-electron chi connectivity index (χ2n) is 6.75. The van der Waals surface area contributed by atoms with Gasteiger partial charge < -0.3 is 19.0 Å². The van der Waals surface area contributed by atoms with Gasteiger partial charge in [0.15, 0.2) is 0 Å². The van der Waals surface area contributed by atoms with Gasteiger partial charge in [-0.3, -0.25) is 4.79 Å². The molecule has 0 saturated heterocycles. The summed E-state index contributed by atoms with van der Waals surface area (Å²) in [5.41, 5.74) is 3.51. The predicted molar refractivity (Wildman–Crippen MR) is 114 cm³/mol. The lowest BCUT2D eigenvalue weighted by molar-refractivity contribution is 0.0943. The summed E-state index contributed by atoms with van der Waals surface area (Å²) in [6, 6.07) is 15.6. The summed E-state index contributed by atoms with van der Waals surface area (Å²) in [7, 11) is 1.65. The summed E-state index contributed by atoms with van der Waals surface area (Å²) in [6.07, 6.45) is 3.63. The van der Waals surface area contributed by atoms with Crippen LogP contribution in [-0.4, -0.2) is 17.6 Å². The first-order valence-corrected chi connectivity index (χ1v) is 10.2. The van der Waals surface area contributed by atoms with E-state index in [9.17, 15) is 4.79 Å². The minimum absolute atomic E-state index is 0.119. The van der Waals surface area contributed by atoms with Crippen molar-refractivity contribution in [2.45, 2.75) is 20.0 Å². The maximum absolute atomic E-state index is 13.2. The van der Waals surface area contributed by atoms with Gasteiger partial charge >= 0.3 is 0 Å². The Morgan fingerprint density at radius 2 is 2.00 bits per heavy atom. The first-order chi connectivity index (χ1) is 14.2. The summed E-state index contributed by atoms with van der Waals surface area (Å²) < 4.78 is 12.9. The molecule has 1 N–H and O–H groups in total. The van der Waals surface area contributed by atoms with Crippen LogP contribution in [0.5, 0.6) is 5.75 Å². The molecule has 0 bridgehead atoms. The van der Waals surface area contributed by atoms with Crippen molar-refractivity contribution in [3.63, 3.8) is 0 Å². The van der Waals surface area contributed by atoms with Crippen molar-refractivity contribution in [3.05, 3.63) is 88.1 Å². The minimum atomic E-state index is -0.119. The number of carbonyl (C=O) groups is 1. The van der Waals surface area contributed by atoms with E-state index in [-0.39, 0.29) is 5.91 Å². The van der Waals surface area contributed by atoms with E-state index in [1.165, 1.54) is 0 Å². The zero-order chi connectivity index (χ0) is 20.2. The first-order valence-electron chi connectivity index (χ1n) is 9.33. The molecular formula is C23H22N2O3S. The van der Waals surface area contributed by atoms with E-state index in [4.69, 9.17) is 9.15 Å². The smallest absolute Gasteiger partial charge is 0.268 e. The summed E-state index contributed by atoms with van der Waals surface area (Å²) in [6.45, 7) is 3.08. The number of furan rings is 1. The van der Waals surface area contributed by atoms with Crippen molar-refractivity contribution in [2.24, 2.45) is 0 Å². The minimum Gasteiger partial charge on any atom is -0.497 e. The van der Waals surface area contributed by atoms with Crippen molar-refractivity contribution in [1.29, 1.82) is 0 Å². The highest BCUT2D eigenvalue weighted by atomic mass is 32.1. The van der Waals surface area contributed by atoms with Gasteiger partial charge in [0.1, 0.15) is 17.2 Å². The van der Waals surface area contributed by atoms with Crippen molar-refractivity contribution in [1.82, 2.24) is 9.88 Å². The summed E-state index contributed by atoms with van der Waals surface area (Å²) >= 11 is 1.63. The molecule has 0 atom stereocenters. The van der Waals surface area contributed by atoms with Crippen molar-refractivity contribution < 1.29 is 13.9 Å². The van der Waals surface area contributed by atoms with Crippen LogP contribution in [0.25, 0.3) is 11.3 Å². The zero-order valence-electron chi connectivity index (χ0n) is 16.3. The molecule has 148 valence electrons. The van der Waals surface area contributed by atoms with Crippen LogP contribution in [0.4, 0.5) is 0 Å². The molecule has 6 heteroatoms. The SMILES string of the molecule is COc1ccc(Cn2cc(C)c(-c3ccco3)c2C(=O)NCc2cccs2)cc1. The number of carbonyl (C=O) groups excluding carboxylic acids is 1. The van der Waals surface area contributed by atoms with E-state index in [0.29, 0.717) is 24.5 Å². The van der Waals surface area contributed by atoms with Crippen LogP contribution < -0.4 is 10.1 Å². The molecule has 0 aliphatic rings. The van der Waals surface area contributed by atoms with Gasteiger partial charge in [-0.2, -0.15) is 0 Å². The topological polar surface area (TPSA) is 56.4 Å². The van der Waals surface area contributed by atoms with Crippen molar-refractivity contribution >= 4 is 17.2 Å². The Morgan fingerprint density at radius 3 is 2.66 bits per heavy atom. The molecule has 0 radical (unpaired) electrons. The molecule has 4 aromatic rings. The number of benzene rings is 1. The van der Waals surface area contributed by atoms with Gasteiger partial charge in [-0.1, -0.05) is 18.2 Å². The molecule has 0 aliphatic carbocycles. The Balaban J connectivity index is 1.68. The molecule has 0 saturated carbocycles. The highest BCUT2D eigenvalue weighted by molar-refractivity contribution is 7.09. The van der Waals surface area contributed by atoms with Gasteiger partial charge in [-0.25, -0.2) is 0 Å². The second kappa shape index (κ2) is 8.41. The maximum Gasteiger partial charge on any atom is 0.268 e. The fourth-order valence-corrected chi connectivity index (χ4v) is 4.03. The zero-order valence-corrected chi connectivity index (χ0v) is 17.2. The van der Waals surface area contributed by atoms with Crippen LogP contribution in [0.2, 0.25) is 0 Å². The molecular weight excluding hydrogens is 384 g/mol. The number of nitrogens with zero attached hydrogens (tertiary/aromatic N) is 1. The van der Waals surface area contributed by atoms with Crippen molar-refractivity contribution in [2.75, 3.05) is 7.11 Å². The van der Waals surface area contributed by atoms with E-state index >= 15 is 0 Å². The van der Waals surface area contributed by atoms with Crippen LogP contribution in [0, 0.1) is 6.92 Å². The molecule has 1 aromatic carbocycles. The summed E-state index contributed by atoms with van der Waals surface area (Å²) in [5, 5.41) is 5.06. The molecule has 0 fully saturated rings. The van der Waals surface area contributed by atoms with E-state index in [0.717, 1.165) is 27.3 Å². The molecule has 29 heavy (non-hydrogen) atoms. The average molecular weight is 407 g/mol. The molecule has 0 aliphatic heterocycles. The van der Waals surface area contributed by atoms with Gasteiger partial charge in [0.2, 0.25) is 0 Å². The third kappa shape index (κ3) is 4.12. The van der Waals surface area contributed by atoms with Gasteiger partial charge in [0.05, 0.1) is 25.5 Å². The van der Waals surface area contributed by atoms with E-state index in [1.54, 1.807) is 24.7 Å². The molecule has 0 spiro atoms. The Hall–Kier alpha value is -3.25. The predicted octanol–water partition coefficient (Wildman–Crippen LogP) is 5.10. The van der Waals surface area contributed by atoms with Crippen LogP contribution in [0.15, 0.2) is 70.8 Å². The number of rotatable bonds is 7. The largest absolute Gasteiger partial charge is 0.497 e. The lowest BCUT2D eigenvalue weighted by Crippen LogP contribution is -2.26. The van der Waals surface area contributed by atoms with Gasteiger partial charge in [-0.15, -0.1) is 11.3 Å². The fourth-order valence-electron chi connectivity index (χ4n) is 3.39.